The Morgan fingerprint density at radius 3 is 1.77 bits per heavy atom. The molecule has 0 saturated heterocycles. The molecule has 0 aromatic rings. The Balaban J connectivity index is 4.76. The summed E-state index contributed by atoms with van der Waals surface area (Å²) in [6.07, 6.45) is 0.801. The molecule has 0 fully saturated rings. The zero-order chi connectivity index (χ0) is 10.3. The fourth-order valence-electron chi connectivity index (χ4n) is 1.22. The van der Waals surface area contributed by atoms with Crippen LogP contribution in [-0.4, -0.2) is 42.0 Å². The second kappa shape index (κ2) is 6.26. The highest BCUT2D eigenvalue weighted by atomic mass is 28.4. The minimum atomic E-state index is -2.62. The maximum atomic E-state index is 5.31. The summed E-state index contributed by atoms with van der Waals surface area (Å²) < 4.78 is 15.9. The molecule has 0 aromatic heterocycles. The van der Waals surface area contributed by atoms with Gasteiger partial charge in [-0.3, -0.25) is 4.99 Å². The highest BCUT2D eigenvalue weighted by Crippen LogP contribution is 2.11. The Hall–Kier alpha value is -0.233. The quantitative estimate of drug-likeness (QED) is 0.484. The third-order valence-corrected chi connectivity index (χ3v) is 4.67. The zero-order valence-corrected chi connectivity index (χ0v) is 10.1. The monoisotopic (exact) mass is 205 g/mol. The molecule has 0 spiro atoms. The first-order valence-electron chi connectivity index (χ1n) is 4.39. The fraction of sp³-hybridized carbons (Fsp3) is 0.875. The molecule has 13 heavy (non-hydrogen) atoms. The normalized spacial score (nSPS) is 13.5. The molecule has 0 aliphatic carbocycles. The molecule has 0 radical (unpaired) electrons. The van der Waals surface area contributed by atoms with E-state index in [0.717, 1.165) is 18.3 Å². The number of nitrogens with zero attached hydrogens (tertiary/aromatic N) is 1. The zero-order valence-electron chi connectivity index (χ0n) is 9.09. The van der Waals surface area contributed by atoms with Crippen LogP contribution in [0.4, 0.5) is 0 Å². The van der Waals surface area contributed by atoms with Crippen LogP contribution < -0.4 is 0 Å². The van der Waals surface area contributed by atoms with E-state index in [-0.39, 0.29) is 0 Å². The van der Waals surface area contributed by atoms with E-state index in [1.807, 2.05) is 13.8 Å². The summed E-state index contributed by atoms with van der Waals surface area (Å²) in [6, 6.07) is 0. The molecule has 0 N–H and O–H groups in total. The van der Waals surface area contributed by atoms with Crippen LogP contribution in [0.3, 0.4) is 0 Å². The van der Waals surface area contributed by atoms with Gasteiger partial charge in [0.1, 0.15) is 0 Å². The van der Waals surface area contributed by atoms with Crippen LogP contribution in [0.5, 0.6) is 0 Å². The molecular weight excluding hydrogens is 186 g/mol. The standard InChI is InChI=1S/C8H19NO3Si/c1-6-8(9-7-2)13(10-3,11-4)12-5/h6-7H2,1-5H3/b9-8+. The topological polar surface area (TPSA) is 40.0 Å². The van der Waals surface area contributed by atoms with Gasteiger partial charge in [-0.05, 0) is 13.3 Å². The molecule has 0 aliphatic heterocycles. The summed E-state index contributed by atoms with van der Waals surface area (Å²) in [6.45, 7) is 4.73. The second-order valence-electron chi connectivity index (χ2n) is 2.44. The van der Waals surface area contributed by atoms with Crippen molar-refractivity contribution in [2.75, 3.05) is 27.9 Å². The molecule has 0 aliphatic rings. The fourth-order valence-corrected chi connectivity index (χ4v) is 3.21. The smallest absolute Gasteiger partial charge is 0.373 e. The van der Waals surface area contributed by atoms with Crippen molar-refractivity contribution >= 4 is 14.1 Å². The Kier molecular flexibility index (Phi) is 6.14. The molecular formula is C8H19NO3Si. The van der Waals surface area contributed by atoms with Crippen molar-refractivity contribution in [3.63, 3.8) is 0 Å². The highest BCUT2D eigenvalue weighted by molar-refractivity contribution is 6.93. The van der Waals surface area contributed by atoms with Crippen molar-refractivity contribution in [1.82, 2.24) is 0 Å². The van der Waals surface area contributed by atoms with Crippen molar-refractivity contribution < 1.29 is 13.3 Å². The van der Waals surface area contributed by atoms with Crippen LogP contribution in [0.15, 0.2) is 4.99 Å². The predicted octanol–water partition coefficient (Wildman–Crippen LogP) is 1.27. The Bertz CT molecular complexity index is 161. The maximum absolute atomic E-state index is 5.31. The average Bonchev–Trinajstić information content (AvgIpc) is 2.19. The minimum absolute atomic E-state index is 0.730. The Morgan fingerprint density at radius 2 is 1.54 bits per heavy atom. The van der Waals surface area contributed by atoms with Gasteiger partial charge in [0.15, 0.2) is 0 Å². The van der Waals surface area contributed by atoms with E-state index >= 15 is 0 Å². The molecule has 0 atom stereocenters. The van der Waals surface area contributed by atoms with Crippen LogP contribution in [-0.2, 0) is 13.3 Å². The van der Waals surface area contributed by atoms with Crippen LogP contribution in [0, 0.1) is 0 Å². The third kappa shape index (κ3) is 2.87. The molecule has 5 heteroatoms. The van der Waals surface area contributed by atoms with Gasteiger partial charge in [-0.25, -0.2) is 0 Å². The number of hydrogen-bond donors (Lipinski definition) is 0. The van der Waals surface area contributed by atoms with Gasteiger partial charge < -0.3 is 13.3 Å². The SMILES string of the molecule is CC/N=C(\CC)[Si](OC)(OC)OC. The lowest BCUT2D eigenvalue weighted by molar-refractivity contribution is 0.144. The molecule has 0 rings (SSSR count). The van der Waals surface area contributed by atoms with Gasteiger partial charge in [-0.15, -0.1) is 0 Å². The molecule has 0 heterocycles. The van der Waals surface area contributed by atoms with E-state index in [1.54, 1.807) is 21.3 Å². The summed E-state index contributed by atoms with van der Waals surface area (Å²) >= 11 is 0. The lowest BCUT2D eigenvalue weighted by atomic mass is 10.5. The van der Waals surface area contributed by atoms with Crippen molar-refractivity contribution in [2.45, 2.75) is 20.3 Å². The van der Waals surface area contributed by atoms with Gasteiger partial charge in [0.25, 0.3) is 0 Å². The van der Waals surface area contributed by atoms with E-state index in [2.05, 4.69) is 4.99 Å². The van der Waals surface area contributed by atoms with Gasteiger partial charge in [0.05, 0.1) is 5.33 Å². The molecule has 0 amide bonds. The molecule has 0 bridgehead atoms. The summed E-state index contributed by atoms with van der Waals surface area (Å²) in [7, 11) is 2.17. The summed E-state index contributed by atoms with van der Waals surface area (Å²) in [5, 5.41) is 0.905. The third-order valence-electron chi connectivity index (χ3n) is 1.84. The minimum Gasteiger partial charge on any atom is -0.373 e. The number of hydrogen-bond acceptors (Lipinski definition) is 4. The van der Waals surface area contributed by atoms with Gasteiger partial charge in [-0.2, -0.15) is 0 Å². The maximum Gasteiger partial charge on any atom is 0.550 e. The highest BCUT2D eigenvalue weighted by Gasteiger charge is 2.43. The van der Waals surface area contributed by atoms with Crippen molar-refractivity contribution in [3.05, 3.63) is 0 Å². The molecule has 78 valence electrons. The van der Waals surface area contributed by atoms with Crippen molar-refractivity contribution in [2.24, 2.45) is 4.99 Å². The van der Waals surface area contributed by atoms with Crippen LogP contribution in [0.25, 0.3) is 0 Å². The van der Waals surface area contributed by atoms with Crippen LogP contribution >= 0.6 is 0 Å². The molecule has 4 nitrogen and oxygen atoms in total. The average molecular weight is 205 g/mol. The van der Waals surface area contributed by atoms with Crippen molar-refractivity contribution in [3.8, 4) is 0 Å². The number of aliphatic imine (C=N–C) groups is 1. The molecule has 0 unspecified atom stereocenters. The first kappa shape index (κ1) is 12.8. The van der Waals surface area contributed by atoms with Gasteiger partial charge in [0, 0.05) is 27.9 Å². The molecule has 0 saturated carbocycles. The summed E-state index contributed by atoms with van der Waals surface area (Å²) in [5.74, 6) is 0. The van der Waals surface area contributed by atoms with Crippen LogP contribution in [0.2, 0.25) is 0 Å². The van der Waals surface area contributed by atoms with E-state index in [4.69, 9.17) is 13.3 Å². The van der Waals surface area contributed by atoms with Gasteiger partial charge in [0.2, 0.25) is 0 Å². The van der Waals surface area contributed by atoms with Crippen molar-refractivity contribution in [1.29, 1.82) is 0 Å². The van der Waals surface area contributed by atoms with E-state index in [9.17, 15) is 0 Å². The number of rotatable bonds is 6. The van der Waals surface area contributed by atoms with Gasteiger partial charge in [-0.1, -0.05) is 6.92 Å². The molecule has 0 aromatic carbocycles. The predicted molar refractivity (Wildman–Crippen MR) is 55.0 cm³/mol. The Morgan fingerprint density at radius 1 is 1.08 bits per heavy atom. The second-order valence-corrected chi connectivity index (χ2v) is 5.36. The lowest BCUT2D eigenvalue weighted by Crippen LogP contribution is -2.51. The van der Waals surface area contributed by atoms with Crippen LogP contribution in [0.1, 0.15) is 20.3 Å². The Labute approximate surface area is 81.3 Å². The lowest BCUT2D eigenvalue weighted by Gasteiger charge is -2.25. The first-order chi connectivity index (χ1) is 6.20. The largest absolute Gasteiger partial charge is 0.550 e. The summed E-state index contributed by atoms with van der Waals surface area (Å²) in [5.41, 5.74) is 0. The summed E-state index contributed by atoms with van der Waals surface area (Å²) in [4.78, 5) is 4.33. The first-order valence-corrected chi connectivity index (χ1v) is 6.12. The van der Waals surface area contributed by atoms with Gasteiger partial charge >= 0.3 is 8.80 Å². The van der Waals surface area contributed by atoms with E-state index in [1.165, 1.54) is 0 Å². The van der Waals surface area contributed by atoms with E-state index < -0.39 is 8.80 Å². The van der Waals surface area contributed by atoms with E-state index in [0.29, 0.717) is 0 Å².